The highest BCUT2D eigenvalue weighted by Crippen LogP contribution is 2.38. The van der Waals surface area contributed by atoms with E-state index in [-0.39, 0.29) is 18.8 Å². The molecule has 0 aliphatic carbocycles. The summed E-state index contributed by atoms with van der Waals surface area (Å²) in [5.74, 6) is -4.26. The Kier molecular flexibility index (Phi) is 14.3. The van der Waals surface area contributed by atoms with Crippen molar-refractivity contribution in [1.82, 2.24) is 0 Å². The van der Waals surface area contributed by atoms with E-state index in [1.165, 1.54) is 19.1 Å². The van der Waals surface area contributed by atoms with Gasteiger partial charge in [0, 0.05) is 12.2 Å². The van der Waals surface area contributed by atoms with Gasteiger partial charge in [-0.15, -0.1) is 0 Å². The normalized spacial score (nSPS) is 11.5. The summed E-state index contributed by atoms with van der Waals surface area (Å²) in [6.07, 6.45) is -1.53. The summed E-state index contributed by atoms with van der Waals surface area (Å²) in [6, 6.07) is 9.51. The maximum atomic E-state index is 15.0. The molecule has 3 aromatic rings. The summed E-state index contributed by atoms with van der Waals surface area (Å²) < 4.78 is 109. The van der Waals surface area contributed by atoms with E-state index in [4.69, 9.17) is 18.9 Å². The number of hydrogen-bond acceptors (Lipinski definition) is 6. The fraction of sp³-hybridized carbons (Fsp3) is 0.351. The third-order valence-electron chi connectivity index (χ3n) is 7.37. The molecule has 0 atom stereocenters. The Morgan fingerprint density at radius 3 is 1.55 bits per heavy atom. The number of alkyl halides is 4. The van der Waals surface area contributed by atoms with Crippen LogP contribution >= 0.6 is 0 Å². The summed E-state index contributed by atoms with van der Waals surface area (Å²) in [5.41, 5.74) is -1.05. The first-order chi connectivity index (χ1) is 23.3. The Morgan fingerprint density at radius 2 is 1.12 bits per heavy atom. The lowest BCUT2D eigenvalue weighted by Crippen LogP contribution is -2.25. The van der Waals surface area contributed by atoms with Gasteiger partial charge in [-0.05, 0) is 117 Å². The molecule has 0 spiro atoms. The molecule has 0 radical (unpaired) electrons. The number of ether oxygens (including phenoxy) is 4. The van der Waals surface area contributed by atoms with Crippen molar-refractivity contribution in [3.05, 3.63) is 119 Å². The molecule has 0 aromatic heterocycles. The molecule has 12 heteroatoms. The molecule has 0 fully saturated rings. The Labute approximate surface area is 281 Å². The predicted octanol–water partition coefficient (Wildman–Crippen LogP) is 9.41. The largest absolute Gasteiger partial charge is 0.463 e. The quantitative estimate of drug-likeness (QED) is 0.0509. The van der Waals surface area contributed by atoms with Crippen LogP contribution in [0.3, 0.4) is 0 Å². The van der Waals surface area contributed by atoms with Crippen molar-refractivity contribution in [2.45, 2.75) is 70.5 Å². The van der Waals surface area contributed by atoms with E-state index in [1.54, 1.807) is 0 Å². The molecule has 49 heavy (non-hydrogen) atoms. The van der Waals surface area contributed by atoms with Gasteiger partial charge >= 0.3 is 24.2 Å². The number of carbonyl (C=O) groups excluding carboxylic acids is 2. The molecule has 0 unspecified atom stereocenters. The molecule has 3 rings (SSSR count). The molecule has 3 aromatic carbocycles. The standard InChI is InChI=1S/C37H38F6O6/c1-4-34(44)46-20-10-6-8-12-26-14-17-29(31(38)23-26)36(40,41)48-28-16-19-33(25(3)22-28)49-37(42,43)30-18-15-27(24-32(30)39)13-9-7-11-21-47-35(45)5-2/h4-5,14-19,22-24H,1-2,6-13,20-21H2,3H3. The van der Waals surface area contributed by atoms with Crippen LogP contribution in [0.2, 0.25) is 0 Å². The average Bonchev–Trinajstić information content (AvgIpc) is 3.04. The van der Waals surface area contributed by atoms with Crippen molar-refractivity contribution < 1.29 is 54.9 Å². The van der Waals surface area contributed by atoms with E-state index in [2.05, 4.69) is 13.2 Å². The zero-order valence-electron chi connectivity index (χ0n) is 27.1. The van der Waals surface area contributed by atoms with Crippen LogP contribution in [0.1, 0.15) is 66.3 Å². The summed E-state index contributed by atoms with van der Waals surface area (Å²) in [4.78, 5) is 22.1. The SMILES string of the molecule is C=CC(=O)OCCCCCc1ccc(C(F)(F)Oc2ccc(OC(F)(F)c3ccc(CCCCCOC(=O)C=C)cc3F)c(C)c2)c(F)c1. The van der Waals surface area contributed by atoms with Crippen LogP contribution in [0.25, 0.3) is 0 Å². The van der Waals surface area contributed by atoms with Crippen LogP contribution < -0.4 is 9.47 Å². The smallest absolute Gasteiger partial charge is 0.429 e. The lowest BCUT2D eigenvalue weighted by molar-refractivity contribution is -0.190. The molecule has 264 valence electrons. The topological polar surface area (TPSA) is 71.1 Å². The van der Waals surface area contributed by atoms with E-state index in [1.807, 2.05) is 0 Å². The van der Waals surface area contributed by atoms with Crippen molar-refractivity contribution in [2.24, 2.45) is 0 Å². The van der Waals surface area contributed by atoms with Gasteiger partial charge in [0.05, 0.1) is 24.3 Å². The number of aryl methyl sites for hydroxylation is 3. The Balaban J connectivity index is 1.56. The zero-order chi connectivity index (χ0) is 36.0. The molecular weight excluding hydrogens is 654 g/mol. The molecule has 0 saturated carbocycles. The summed E-state index contributed by atoms with van der Waals surface area (Å²) in [5, 5.41) is 0. The van der Waals surface area contributed by atoms with Crippen LogP contribution in [-0.4, -0.2) is 25.2 Å². The van der Waals surface area contributed by atoms with Crippen molar-refractivity contribution in [3.63, 3.8) is 0 Å². The molecule has 6 nitrogen and oxygen atoms in total. The number of rotatable bonds is 20. The highest BCUT2D eigenvalue weighted by Gasteiger charge is 2.39. The van der Waals surface area contributed by atoms with Crippen LogP contribution in [0.5, 0.6) is 11.5 Å². The van der Waals surface area contributed by atoms with E-state index in [0.717, 1.165) is 54.6 Å². The van der Waals surface area contributed by atoms with Gasteiger partial charge < -0.3 is 18.9 Å². The molecule has 0 saturated heterocycles. The van der Waals surface area contributed by atoms with Crippen molar-refractivity contribution in [3.8, 4) is 11.5 Å². The van der Waals surface area contributed by atoms with Gasteiger partial charge in [0.25, 0.3) is 0 Å². The number of benzene rings is 3. The second-order valence-electron chi connectivity index (χ2n) is 11.2. The van der Waals surface area contributed by atoms with E-state index in [9.17, 15) is 27.2 Å². The number of hydrogen-bond donors (Lipinski definition) is 0. The minimum Gasteiger partial charge on any atom is -0.463 e. The first kappa shape index (κ1) is 38.7. The molecule has 0 heterocycles. The minimum absolute atomic E-state index is 0.0150. The van der Waals surface area contributed by atoms with Crippen molar-refractivity contribution >= 4 is 11.9 Å². The minimum atomic E-state index is -4.10. The Bertz CT molecular complexity index is 1610. The molecule has 0 N–H and O–H groups in total. The maximum Gasteiger partial charge on any atom is 0.429 e. The summed E-state index contributed by atoms with van der Waals surface area (Å²) in [6.45, 7) is 8.33. The number of esters is 2. The van der Waals surface area contributed by atoms with Crippen molar-refractivity contribution in [2.75, 3.05) is 13.2 Å². The van der Waals surface area contributed by atoms with Crippen LogP contribution in [0, 0.1) is 18.6 Å². The zero-order valence-corrected chi connectivity index (χ0v) is 27.1. The first-order valence-electron chi connectivity index (χ1n) is 15.7. The van der Waals surface area contributed by atoms with Gasteiger partial charge in [0.1, 0.15) is 23.1 Å². The lowest BCUT2D eigenvalue weighted by atomic mass is 10.0. The van der Waals surface area contributed by atoms with Crippen LogP contribution in [0.15, 0.2) is 79.9 Å². The molecular formula is C37H38F6O6. The highest BCUT2D eigenvalue weighted by molar-refractivity contribution is 5.81. The first-order valence-corrected chi connectivity index (χ1v) is 15.7. The van der Waals surface area contributed by atoms with E-state index < -0.39 is 58.4 Å². The van der Waals surface area contributed by atoms with Crippen LogP contribution in [-0.2, 0) is 44.1 Å². The van der Waals surface area contributed by atoms with Gasteiger partial charge in [-0.1, -0.05) is 25.3 Å². The number of carbonyl (C=O) groups is 2. The van der Waals surface area contributed by atoms with E-state index >= 15 is 8.78 Å². The fourth-order valence-electron chi connectivity index (χ4n) is 4.78. The van der Waals surface area contributed by atoms with Gasteiger partial charge in [-0.2, -0.15) is 17.6 Å². The third-order valence-corrected chi connectivity index (χ3v) is 7.37. The molecule has 0 amide bonds. The second kappa shape index (κ2) is 18.1. The number of halogens is 6. The average molecular weight is 693 g/mol. The fourth-order valence-corrected chi connectivity index (χ4v) is 4.78. The summed E-state index contributed by atoms with van der Waals surface area (Å²) in [7, 11) is 0. The predicted molar refractivity (Wildman–Crippen MR) is 170 cm³/mol. The van der Waals surface area contributed by atoms with Gasteiger partial charge in [-0.3, -0.25) is 0 Å². The van der Waals surface area contributed by atoms with Gasteiger partial charge in [0.15, 0.2) is 0 Å². The highest BCUT2D eigenvalue weighted by atomic mass is 19.3. The molecule has 0 aliphatic rings. The molecule has 0 bridgehead atoms. The number of unbranched alkanes of at least 4 members (excludes halogenated alkanes) is 4. The maximum absolute atomic E-state index is 15.0. The second-order valence-corrected chi connectivity index (χ2v) is 11.2. The van der Waals surface area contributed by atoms with Gasteiger partial charge in [-0.25, -0.2) is 18.4 Å². The van der Waals surface area contributed by atoms with Crippen LogP contribution in [0.4, 0.5) is 26.3 Å². The molecule has 0 aliphatic heterocycles. The Morgan fingerprint density at radius 1 is 0.653 bits per heavy atom. The lowest BCUT2D eigenvalue weighted by Gasteiger charge is -2.22. The van der Waals surface area contributed by atoms with Crippen molar-refractivity contribution in [1.29, 1.82) is 0 Å². The van der Waals surface area contributed by atoms with E-state index in [0.29, 0.717) is 62.5 Å². The Hall–Kier alpha value is -4.74. The summed E-state index contributed by atoms with van der Waals surface area (Å²) >= 11 is 0. The monoisotopic (exact) mass is 692 g/mol. The third kappa shape index (κ3) is 12.0. The van der Waals surface area contributed by atoms with Gasteiger partial charge in [0.2, 0.25) is 0 Å².